The lowest BCUT2D eigenvalue weighted by atomic mass is 9.76. The molecule has 2 N–H and O–H groups in total. The SMILES string of the molecule is COC(=O)CNC(=O)[C@H]1N(C(=O)CNC(=O)OC(C)(C)C)CCCC1(C)C. The van der Waals surface area contributed by atoms with Crippen LogP contribution < -0.4 is 10.6 Å². The molecule has 9 nitrogen and oxygen atoms in total. The molecule has 0 saturated carbocycles. The van der Waals surface area contributed by atoms with E-state index in [1.165, 1.54) is 12.0 Å². The number of nitrogens with zero attached hydrogens (tertiary/aromatic N) is 1. The van der Waals surface area contributed by atoms with Crippen molar-refractivity contribution in [3.05, 3.63) is 0 Å². The van der Waals surface area contributed by atoms with Gasteiger partial charge in [-0.15, -0.1) is 0 Å². The fourth-order valence-electron chi connectivity index (χ4n) is 3.05. The number of carbonyl (C=O) groups is 4. The largest absolute Gasteiger partial charge is 0.468 e. The van der Waals surface area contributed by atoms with E-state index in [1.54, 1.807) is 20.8 Å². The first kappa shape index (κ1) is 22.7. The molecule has 1 aliphatic heterocycles. The zero-order valence-corrected chi connectivity index (χ0v) is 17.0. The van der Waals surface area contributed by atoms with Crippen molar-refractivity contribution in [1.29, 1.82) is 0 Å². The number of piperidine rings is 1. The van der Waals surface area contributed by atoms with E-state index in [0.717, 1.165) is 12.8 Å². The van der Waals surface area contributed by atoms with Gasteiger partial charge in [0.25, 0.3) is 0 Å². The summed E-state index contributed by atoms with van der Waals surface area (Å²) in [4.78, 5) is 49.8. The zero-order valence-electron chi connectivity index (χ0n) is 17.0. The molecule has 3 amide bonds. The molecule has 0 aromatic carbocycles. The Morgan fingerprint density at radius 1 is 1.11 bits per heavy atom. The third-order valence-corrected chi connectivity index (χ3v) is 4.26. The lowest BCUT2D eigenvalue weighted by Gasteiger charge is -2.45. The predicted octanol–water partition coefficient (Wildman–Crippen LogP) is 0.818. The van der Waals surface area contributed by atoms with Gasteiger partial charge in [0.05, 0.1) is 7.11 Å². The van der Waals surface area contributed by atoms with E-state index in [9.17, 15) is 19.2 Å². The second kappa shape index (κ2) is 9.05. The Kier molecular flexibility index (Phi) is 7.62. The van der Waals surface area contributed by atoms with E-state index in [2.05, 4.69) is 15.4 Å². The maximum absolute atomic E-state index is 12.6. The third kappa shape index (κ3) is 7.07. The fraction of sp³-hybridized carbons (Fsp3) is 0.778. The average Bonchev–Trinajstić information content (AvgIpc) is 2.54. The van der Waals surface area contributed by atoms with Gasteiger partial charge in [0.2, 0.25) is 11.8 Å². The molecule has 0 aliphatic carbocycles. The van der Waals surface area contributed by atoms with E-state index in [0.29, 0.717) is 6.54 Å². The van der Waals surface area contributed by atoms with Gasteiger partial charge in [-0.3, -0.25) is 14.4 Å². The van der Waals surface area contributed by atoms with Crippen LogP contribution in [0.25, 0.3) is 0 Å². The maximum Gasteiger partial charge on any atom is 0.408 e. The van der Waals surface area contributed by atoms with Crippen molar-refractivity contribution in [2.24, 2.45) is 5.41 Å². The first-order valence-corrected chi connectivity index (χ1v) is 8.98. The van der Waals surface area contributed by atoms with Crippen molar-refractivity contribution in [3.63, 3.8) is 0 Å². The lowest BCUT2D eigenvalue weighted by Crippen LogP contribution is -2.61. The summed E-state index contributed by atoms with van der Waals surface area (Å²) in [7, 11) is 1.23. The van der Waals surface area contributed by atoms with Gasteiger partial charge in [0.1, 0.15) is 24.7 Å². The molecule has 0 radical (unpaired) electrons. The van der Waals surface area contributed by atoms with Crippen LogP contribution in [0.4, 0.5) is 4.79 Å². The van der Waals surface area contributed by atoms with Crippen molar-refractivity contribution in [1.82, 2.24) is 15.5 Å². The number of carbonyl (C=O) groups excluding carboxylic acids is 4. The third-order valence-electron chi connectivity index (χ3n) is 4.26. The van der Waals surface area contributed by atoms with Gasteiger partial charge in [-0.1, -0.05) is 13.8 Å². The quantitative estimate of drug-likeness (QED) is 0.677. The molecule has 0 bridgehead atoms. The number of nitrogens with one attached hydrogen (secondary N) is 2. The second-order valence-electron chi connectivity index (χ2n) is 8.23. The molecule has 0 unspecified atom stereocenters. The van der Waals surface area contributed by atoms with Crippen molar-refractivity contribution in [2.75, 3.05) is 26.7 Å². The molecule has 27 heavy (non-hydrogen) atoms. The molecule has 0 spiro atoms. The minimum absolute atomic E-state index is 0.264. The molecule has 1 heterocycles. The van der Waals surface area contributed by atoms with Crippen LogP contribution in [0.5, 0.6) is 0 Å². The number of esters is 1. The van der Waals surface area contributed by atoms with Crippen LogP contribution in [0.3, 0.4) is 0 Å². The van der Waals surface area contributed by atoms with Gasteiger partial charge >= 0.3 is 12.1 Å². The van der Waals surface area contributed by atoms with Gasteiger partial charge in [-0.2, -0.15) is 0 Å². The van der Waals surface area contributed by atoms with Crippen LogP contribution in [0.1, 0.15) is 47.5 Å². The number of amides is 3. The number of rotatable bonds is 5. The van der Waals surface area contributed by atoms with Crippen LogP contribution in [-0.2, 0) is 23.9 Å². The number of hydrogen-bond acceptors (Lipinski definition) is 6. The van der Waals surface area contributed by atoms with Gasteiger partial charge in [0.15, 0.2) is 0 Å². The molecule has 1 atom stereocenters. The molecule has 0 aromatic rings. The van der Waals surface area contributed by atoms with E-state index in [1.807, 2.05) is 13.8 Å². The first-order chi connectivity index (χ1) is 12.4. The summed E-state index contributed by atoms with van der Waals surface area (Å²) in [6.07, 6.45) is 0.803. The highest BCUT2D eigenvalue weighted by atomic mass is 16.6. The van der Waals surface area contributed by atoms with Gasteiger partial charge in [-0.05, 0) is 39.0 Å². The molecule has 1 aliphatic rings. The van der Waals surface area contributed by atoms with E-state index >= 15 is 0 Å². The number of likely N-dealkylation sites (tertiary alicyclic amines) is 1. The molecular formula is C18H31N3O6. The monoisotopic (exact) mass is 385 g/mol. The molecule has 0 aromatic heterocycles. The zero-order chi connectivity index (χ0) is 20.8. The summed E-state index contributed by atoms with van der Waals surface area (Å²) < 4.78 is 9.64. The predicted molar refractivity (Wildman–Crippen MR) is 97.8 cm³/mol. The Morgan fingerprint density at radius 3 is 2.30 bits per heavy atom. The molecule has 154 valence electrons. The van der Waals surface area contributed by atoms with Gasteiger partial charge in [0, 0.05) is 6.54 Å². The molecular weight excluding hydrogens is 354 g/mol. The second-order valence-corrected chi connectivity index (χ2v) is 8.23. The molecule has 1 saturated heterocycles. The average molecular weight is 385 g/mol. The summed E-state index contributed by atoms with van der Waals surface area (Å²) in [6.45, 7) is 8.84. The fourth-order valence-corrected chi connectivity index (χ4v) is 3.05. The Labute approximate surface area is 160 Å². The van der Waals surface area contributed by atoms with Crippen LogP contribution in [0.15, 0.2) is 0 Å². The van der Waals surface area contributed by atoms with Crippen molar-refractivity contribution >= 4 is 23.9 Å². The van der Waals surface area contributed by atoms with Gasteiger partial charge in [-0.25, -0.2) is 4.79 Å². The number of hydrogen-bond donors (Lipinski definition) is 2. The van der Waals surface area contributed by atoms with Crippen LogP contribution in [0, 0.1) is 5.41 Å². The summed E-state index contributed by atoms with van der Waals surface area (Å²) in [6, 6.07) is -0.746. The topological polar surface area (TPSA) is 114 Å². The molecule has 1 rings (SSSR count). The van der Waals surface area contributed by atoms with Gasteiger partial charge < -0.3 is 25.0 Å². The number of alkyl carbamates (subject to hydrolysis) is 1. The maximum atomic E-state index is 12.6. The van der Waals surface area contributed by atoms with Crippen molar-refractivity contribution in [3.8, 4) is 0 Å². The normalized spacial score (nSPS) is 19.0. The van der Waals surface area contributed by atoms with Crippen LogP contribution in [0.2, 0.25) is 0 Å². The standard InChI is InChI=1S/C18H31N3O6/c1-17(2,3)27-16(25)20-10-12(22)21-9-7-8-18(4,5)14(21)15(24)19-11-13(23)26-6/h14H,7-11H2,1-6H3,(H,19,24)(H,20,25)/t14-/m1/s1. The summed E-state index contributed by atoms with van der Waals surface area (Å²) in [5.41, 5.74) is -1.14. The first-order valence-electron chi connectivity index (χ1n) is 8.98. The minimum Gasteiger partial charge on any atom is -0.468 e. The lowest BCUT2D eigenvalue weighted by molar-refractivity contribution is -0.149. The summed E-state index contributed by atoms with van der Waals surface area (Å²) in [5, 5.41) is 4.94. The Morgan fingerprint density at radius 2 is 1.74 bits per heavy atom. The van der Waals surface area contributed by atoms with Crippen molar-refractivity contribution < 1.29 is 28.7 Å². The minimum atomic E-state index is -0.746. The van der Waals surface area contributed by atoms with Crippen molar-refractivity contribution in [2.45, 2.75) is 59.1 Å². The Bertz CT molecular complexity index is 582. The van der Waals surface area contributed by atoms with E-state index < -0.39 is 35.0 Å². The van der Waals surface area contributed by atoms with Crippen LogP contribution in [-0.4, -0.2) is 67.2 Å². The Hall–Kier alpha value is -2.32. The van der Waals surface area contributed by atoms with E-state index in [-0.39, 0.29) is 19.0 Å². The van der Waals surface area contributed by atoms with E-state index in [4.69, 9.17) is 4.74 Å². The smallest absolute Gasteiger partial charge is 0.408 e. The highest BCUT2D eigenvalue weighted by molar-refractivity contribution is 5.91. The summed E-state index contributed by atoms with van der Waals surface area (Å²) >= 11 is 0. The highest BCUT2D eigenvalue weighted by Gasteiger charge is 2.44. The number of ether oxygens (including phenoxy) is 2. The molecule has 9 heteroatoms. The van der Waals surface area contributed by atoms with Crippen LogP contribution >= 0.6 is 0 Å². The number of methoxy groups -OCH3 is 1. The highest BCUT2D eigenvalue weighted by Crippen LogP contribution is 2.35. The Balaban J connectivity index is 2.79. The summed E-state index contributed by atoms with van der Waals surface area (Å²) in [5.74, 6) is -1.37. The molecule has 1 fully saturated rings.